The van der Waals surface area contributed by atoms with Crippen molar-refractivity contribution in [1.29, 1.82) is 0 Å². The third-order valence-corrected chi connectivity index (χ3v) is 5.80. The number of aromatic nitrogens is 3. The van der Waals surface area contributed by atoms with E-state index in [2.05, 4.69) is 15.5 Å². The monoisotopic (exact) mass is 452 g/mol. The predicted molar refractivity (Wildman–Crippen MR) is 122 cm³/mol. The predicted octanol–water partition coefficient (Wildman–Crippen LogP) is 4.69. The number of carbonyl (C=O) groups is 1. The first kappa shape index (κ1) is 21.2. The van der Waals surface area contributed by atoms with Gasteiger partial charge in [0.05, 0.1) is 18.6 Å². The molecule has 0 spiro atoms. The van der Waals surface area contributed by atoms with Gasteiger partial charge in [0.25, 0.3) is 0 Å². The number of benzene rings is 2. The van der Waals surface area contributed by atoms with Crippen molar-refractivity contribution in [3.63, 3.8) is 0 Å². The molecule has 0 aliphatic heterocycles. The number of hydrogen-bond acceptors (Lipinski definition) is 5. The van der Waals surface area contributed by atoms with Gasteiger partial charge in [-0.2, -0.15) is 0 Å². The van der Waals surface area contributed by atoms with Crippen LogP contribution in [-0.4, -0.2) is 33.0 Å². The van der Waals surface area contributed by atoms with Crippen LogP contribution in [0.5, 0.6) is 0 Å². The average Bonchev–Trinajstić information content (AvgIpc) is 3.43. The fourth-order valence-electron chi connectivity index (χ4n) is 3.11. The first-order chi connectivity index (χ1) is 15.2. The van der Waals surface area contributed by atoms with E-state index in [0.29, 0.717) is 34.9 Å². The molecule has 2 heterocycles. The average molecular weight is 453 g/mol. The van der Waals surface area contributed by atoms with Gasteiger partial charge in [-0.3, -0.25) is 9.36 Å². The molecule has 4 rings (SSSR count). The summed E-state index contributed by atoms with van der Waals surface area (Å²) >= 11 is 7.36. The van der Waals surface area contributed by atoms with Crippen LogP contribution in [0.25, 0.3) is 11.6 Å². The lowest BCUT2D eigenvalue weighted by atomic mass is 10.1. The van der Waals surface area contributed by atoms with E-state index < -0.39 is 0 Å². The lowest BCUT2D eigenvalue weighted by molar-refractivity contribution is -0.118. The van der Waals surface area contributed by atoms with Crippen LogP contribution >= 0.6 is 23.4 Å². The fraction of sp³-hybridized carbons (Fsp3) is 0.174. The minimum absolute atomic E-state index is 0.0548. The van der Waals surface area contributed by atoms with Gasteiger partial charge in [0.15, 0.2) is 10.9 Å². The molecule has 0 bridgehead atoms. The second-order valence-electron chi connectivity index (χ2n) is 6.87. The maximum atomic E-state index is 12.3. The molecular formula is C23H21ClN4O2S. The zero-order valence-electron chi connectivity index (χ0n) is 16.7. The van der Waals surface area contributed by atoms with Gasteiger partial charge >= 0.3 is 0 Å². The molecule has 0 atom stereocenters. The molecule has 0 saturated carbocycles. The summed E-state index contributed by atoms with van der Waals surface area (Å²) in [5, 5.41) is 12.9. The van der Waals surface area contributed by atoms with Crippen molar-refractivity contribution in [2.75, 3.05) is 12.3 Å². The van der Waals surface area contributed by atoms with Gasteiger partial charge in [-0.25, -0.2) is 0 Å². The molecule has 4 aromatic rings. The molecule has 0 unspecified atom stereocenters. The second kappa shape index (κ2) is 10.3. The Kier molecular flexibility index (Phi) is 7.07. The highest BCUT2D eigenvalue weighted by Gasteiger charge is 2.17. The number of nitrogens with zero attached hydrogens (tertiary/aromatic N) is 3. The summed E-state index contributed by atoms with van der Waals surface area (Å²) in [6.07, 6.45) is 2.33. The lowest BCUT2D eigenvalue weighted by Crippen LogP contribution is -2.27. The zero-order chi connectivity index (χ0) is 21.5. The number of carbonyl (C=O) groups excluding carboxylic acids is 1. The van der Waals surface area contributed by atoms with Crippen LogP contribution in [0.2, 0.25) is 5.02 Å². The van der Waals surface area contributed by atoms with Crippen molar-refractivity contribution >= 4 is 29.3 Å². The van der Waals surface area contributed by atoms with Crippen LogP contribution in [0.4, 0.5) is 0 Å². The minimum atomic E-state index is -0.0548. The lowest BCUT2D eigenvalue weighted by Gasteiger charge is -2.10. The zero-order valence-corrected chi connectivity index (χ0v) is 18.3. The number of hydrogen-bond donors (Lipinski definition) is 1. The molecule has 8 heteroatoms. The van der Waals surface area contributed by atoms with E-state index in [0.717, 1.165) is 17.5 Å². The van der Waals surface area contributed by atoms with Gasteiger partial charge < -0.3 is 9.73 Å². The molecule has 0 fully saturated rings. The normalized spacial score (nSPS) is 10.9. The van der Waals surface area contributed by atoms with E-state index in [9.17, 15) is 4.79 Å². The third-order valence-electron chi connectivity index (χ3n) is 4.60. The van der Waals surface area contributed by atoms with Gasteiger partial charge in [-0.15, -0.1) is 10.2 Å². The summed E-state index contributed by atoms with van der Waals surface area (Å²) in [5.41, 5.74) is 2.20. The summed E-state index contributed by atoms with van der Waals surface area (Å²) in [6, 6.07) is 21.4. The van der Waals surface area contributed by atoms with E-state index in [-0.39, 0.29) is 11.7 Å². The van der Waals surface area contributed by atoms with Gasteiger partial charge in [-0.1, -0.05) is 65.8 Å². The quantitative estimate of drug-likeness (QED) is 0.373. The number of halogens is 1. The maximum absolute atomic E-state index is 12.3. The Bertz CT molecular complexity index is 1130. The molecule has 2 aromatic heterocycles. The SMILES string of the molecule is O=C(CSc1nnc(-c2ccco2)n1Cc1ccccc1)NCCc1cccc(Cl)c1. The Hall–Kier alpha value is -3.03. The molecule has 6 nitrogen and oxygen atoms in total. The topological polar surface area (TPSA) is 73.0 Å². The summed E-state index contributed by atoms with van der Waals surface area (Å²) in [4.78, 5) is 12.3. The molecule has 31 heavy (non-hydrogen) atoms. The molecule has 0 radical (unpaired) electrons. The molecule has 0 aliphatic rings. The number of furan rings is 1. The summed E-state index contributed by atoms with van der Waals surface area (Å²) < 4.78 is 7.49. The van der Waals surface area contributed by atoms with Crippen LogP contribution in [0.15, 0.2) is 82.6 Å². The first-order valence-electron chi connectivity index (χ1n) is 9.84. The highest BCUT2D eigenvalue weighted by molar-refractivity contribution is 7.99. The van der Waals surface area contributed by atoms with E-state index in [1.165, 1.54) is 11.8 Å². The Morgan fingerprint density at radius 3 is 2.65 bits per heavy atom. The van der Waals surface area contributed by atoms with Crippen LogP contribution in [0, 0.1) is 0 Å². The summed E-state index contributed by atoms with van der Waals surface area (Å²) in [6.45, 7) is 1.14. The molecule has 0 aliphatic carbocycles. The maximum Gasteiger partial charge on any atom is 0.230 e. The van der Waals surface area contributed by atoms with Crippen LogP contribution in [-0.2, 0) is 17.8 Å². The standard InChI is InChI=1S/C23H21ClN4O2S/c24-19-9-4-8-17(14-19)11-12-25-21(29)16-31-23-27-26-22(20-10-5-13-30-20)28(23)15-18-6-2-1-3-7-18/h1-10,13-14H,11-12,15-16H2,(H,25,29). The fourth-order valence-corrected chi connectivity index (χ4v) is 4.09. The van der Waals surface area contributed by atoms with E-state index in [1.54, 1.807) is 6.26 Å². The van der Waals surface area contributed by atoms with Crippen molar-refractivity contribution < 1.29 is 9.21 Å². The number of amides is 1. The Morgan fingerprint density at radius 2 is 1.87 bits per heavy atom. The first-order valence-corrected chi connectivity index (χ1v) is 11.2. The highest BCUT2D eigenvalue weighted by atomic mass is 35.5. The van der Waals surface area contributed by atoms with Crippen molar-refractivity contribution in [2.45, 2.75) is 18.1 Å². The summed E-state index contributed by atoms with van der Waals surface area (Å²) in [7, 11) is 0. The summed E-state index contributed by atoms with van der Waals surface area (Å²) in [5.74, 6) is 1.47. The highest BCUT2D eigenvalue weighted by Crippen LogP contribution is 2.25. The third kappa shape index (κ3) is 5.77. The number of nitrogens with one attached hydrogen (secondary N) is 1. The second-order valence-corrected chi connectivity index (χ2v) is 8.25. The smallest absolute Gasteiger partial charge is 0.230 e. The van der Waals surface area contributed by atoms with Gasteiger partial charge in [0, 0.05) is 11.6 Å². The number of rotatable bonds is 9. The van der Waals surface area contributed by atoms with Crippen LogP contribution in [0.1, 0.15) is 11.1 Å². The van der Waals surface area contributed by atoms with Crippen molar-refractivity contribution in [1.82, 2.24) is 20.1 Å². The van der Waals surface area contributed by atoms with E-state index in [4.69, 9.17) is 16.0 Å². The number of thioether (sulfide) groups is 1. The Labute approximate surface area is 189 Å². The van der Waals surface area contributed by atoms with Gasteiger partial charge in [0.1, 0.15) is 0 Å². The molecule has 158 valence electrons. The molecule has 2 aromatic carbocycles. The van der Waals surface area contributed by atoms with E-state index in [1.807, 2.05) is 71.3 Å². The van der Waals surface area contributed by atoms with Crippen molar-refractivity contribution in [3.05, 3.63) is 89.1 Å². The van der Waals surface area contributed by atoms with Crippen LogP contribution < -0.4 is 5.32 Å². The molecule has 1 amide bonds. The molecule has 0 saturated heterocycles. The molecule has 1 N–H and O–H groups in total. The van der Waals surface area contributed by atoms with Crippen molar-refractivity contribution in [2.24, 2.45) is 0 Å². The minimum Gasteiger partial charge on any atom is -0.461 e. The Balaban J connectivity index is 1.39. The molecular weight excluding hydrogens is 432 g/mol. The van der Waals surface area contributed by atoms with Crippen molar-refractivity contribution in [3.8, 4) is 11.6 Å². The van der Waals surface area contributed by atoms with Gasteiger partial charge in [-0.05, 0) is 41.8 Å². The van der Waals surface area contributed by atoms with Crippen LogP contribution in [0.3, 0.4) is 0 Å². The Morgan fingerprint density at radius 1 is 1.03 bits per heavy atom. The van der Waals surface area contributed by atoms with Gasteiger partial charge in [0.2, 0.25) is 11.7 Å². The largest absolute Gasteiger partial charge is 0.461 e. The van der Waals surface area contributed by atoms with E-state index >= 15 is 0 Å².